The van der Waals surface area contributed by atoms with Crippen molar-refractivity contribution in [3.8, 4) is 11.1 Å². The Morgan fingerprint density at radius 3 is 2.43 bits per heavy atom. The summed E-state index contributed by atoms with van der Waals surface area (Å²) in [6.07, 6.45) is 6.49. The summed E-state index contributed by atoms with van der Waals surface area (Å²) in [4.78, 5) is 11.7. The lowest BCUT2D eigenvalue weighted by Crippen LogP contribution is -1.91. The van der Waals surface area contributed by atoms with Gasteiger partial charge < -0.3 is 5.73 Å². The van der Waals surface area contributed by atoms with Crippen LogP contribution in [0.4, 0.5) is 5.82 Å². The lowest BCUT2D eigenvalue weighted by molar-refractivity contribution is 1.17. The van der Waals surface area contributed by atoms with E-state index in [1.54, 1.807) is 24.7 Å². The van der Waals surface area contributed by atoms with Crippen LogP contribution in [0.3, 0.4) is 0 Å². The van der Waals surface area contributed by atoms with Gasteiger partial charge in [0.2, 0.25) is 0 Å². The lowest BCUT2D eigenvalue weighted by Gasteiger charge is -2.01. The number of pyridine rings is 1. The summed E-state index contributed by atoms with van der Waals surface area (Å²) in [7, 11) is 0. The highest BCUT2D eigenvalue weighted by atomic mass is 35.5. The quantitative estimate of drug-likeness (QED) is 0.773. The molecule has 0 radical (unpaired) electrons. The van der Waals surface area contributed by atoms with Crippen molar-refractivity contribution in [1.82, 2.24) is 15.0 Å². The van der Waals surface area contributed by atoms with Crippen molar-refractivity contribution in [2.24, 2.45) is 0 Å². The molecule has 0 aliphatic rings. The Morgan fingerprint density at radius 2 is 1.79 bits per heavy atom. The Labute approximate surface area is 85.8 Å². The fourth-order valence-corrected chi connectivity index (χ4v) is 1.22. The summed E-state index contributed by atoms with van der Waals surface area (Å²) >= 11 is 5.84. The minimum Gasteiger partial charge on any atom is -0.382 e. The minimum absolute atomic E-state index is 0.326. The molecule has 0 amide bonds. The second-order valence-corrected chi connectivity index (χ2v) is 3.13. The van der Waals surface area contributed by atoms with Crippen LogP contribution < -0.4 is 5.73 Å². The fourth-order valence-electron chi connectivity index (χ4n) is 1.05. The molecule has 0 saturated carbocycles. The Kier molecular flexibility index (Phi) is 2.28. The Balaban J connectivity index is 2.48. The first-order valence-corrected chi connectivity index (χ1v) is 4.31. The zero-order valence-corrected chi connectivity index (χ0v) is 7.94. The van der Waals surface area contributed by atoms with Crippen LogP contribution >= 0.6 is 11.6 Å². The molecule has 0 saturated heterocycles. The first-order valence-electron chi connectivity index (χ1n) is 3.94. The van der Waals surface area contributed by atoms with Gasteiger partial charge in [0, 0.05) is 29.7 Å². The van der Waals surface area contributed by atoms with Gasteiger partial charge in [0.1, 0.15) is 12.1 Å². The Hall–Kier alpha value is -1.68. The molecule has 0 aliphatic heterocycles. The van der Waals surface area contributed by atoms with Gasteiger partial charge in [-0.05, 0) is 6.07 Å². The average molecular weight is 207 g/mol. The largest absolute Gasteiger partial charge is 0.382 e. The molecule has 70 valence electrons. The normalized spacial score (nSPS) is 10.1. The molecule has 4 nitrogen and oxygen atoms in total. The van der Waals surface area contributed by atoms with Crippen LogP contribution in [-0.4, -0.2) is 15.0 Å². The summed E-state index contributed by atoms with van der Waals surface area (Å²) < 4.78 is 0. The smallest absolute Gasteiger partial charge is 0.142 e. The zero-order chi connectivity index (χ0) is 9.97. The number of nitrogens with two attached hydrogens (primary N) is 1. The summed E-state index contributed by atoms with van der Waals surface area (Å²) in [5, 5.41) is 0.436. The van der Waals surface area contributed by atoms with Crippen LogP contribution in [0, 0.1) is 0 Å². The number of aromatic nitrogens is 3. The molecule has 14 heavy (non-hydrogen) atoms. The predicted molar refractivity (Wildman–Crippen MR) is 54.7 cm³/mol. The van der Waals surface area contributed by atoms with Gasteiger partial charge in [0.05, 0.1) is 5.02 Å². The minimum atomic E-state index is 0.326. The maximum Gasteiger partial charge on any atom is 0.142 e. The molecule has 5 heteroatoms. The number of rotatable bonds is 1. The molecular formula is C9H7ClN4. The van der Waals surface area contributed by atoms with Crippen molar-refractivity contribution in [3.05, 3.63) is 36.0 Å². The van der Waals surface area contributed by atoms with Crippen LogP contribution in [0.2, 0.25) is 5.02 Å². The van der Waals surface area contributed by atoms with E-state index >= 15 is 0 Å². The summed E-state index contributed by atoms with van der Waals surface area (Å²) in [6.45, 7) is 0. The predicted octanol–water partition coefficient (Wildman–Crippen LogP) is 1.77. The first kappa shape index (κ1) is 8.90. The molecule has 0 aromatic carbocycles. The van der Waals surface area contributed by atoms with Gasteiger partial charge in [-0.25, -0.2) is 15.0 Å². The van der Waals surface area contributed by atoms with E-state index in [4.69, 9.17) is 17.3 Å². The van der Waals surface area contributed by atoms with Gasteiger partial charge >= 0.3 is 0 Å². The molecule has 0 unspecified atom stereocenters. The van der Waals surface area contributed by atoms with Gasteiger partial charge in [0.25, 0.3) is 0 Å². The van der Waals surface area contributed by atoms with E-state index in [1.165, 1.54) is 6.33 Å². The lowest BCUT2D eigenvalue weighted by atomic mass is 10.1. The van der Waals surface area contributed by atoms with Crippen LogP contribution in [0.25, 0.3) is 11.1 Å². The SMILES string of the molecule is Nc1ncc(-c2cncnc2)cc1Cl. The number of hydrogen-bond donors (Lipinski definition) is 1. The van der Waals surface area contributed by atoms with Gasteiger partial charge in [-0.2, -0.15) is 0 Å². The number of hydrogen-bond acceptors (Lipinski definition) is 4. The van der Waals surface area contributed by atoms with Crippen LogP contribution in [0.5, 0.6) is 0 Å². The third-order valence-electron chi connectivity index (χ3n) is 1.76. The second kappa shape index (κ2) is 3.59. The zero-order valence-electron chi connectivity index (χ0n) is 7.18. The van der Waals surface area contributed by atoms with E-state index in [0.717, 1.165) is 11.1 Å². The van der Waals surface area contributed by atoms with E-state index in [0.29, 0.717) is 10.8 Å². The number of nitrogen functional groups attached to an aromatic ring is 1. The monoisotopic (exact) mass is 206 g/mol. The fraction of sp³-hybridized carbons (Fsp3) is 0. The molecule has 0 bridgehead atoms. The average Bonchev–Trinajstić information content (AvgIpc) is 2.23. The topological polar surface area (TPSA) is 64.7 Å². The summed E-state index contributed by atoms with van der Waals surface area (Å²) in [5.74, 6) is 0.326. The highest BCUT2D eigenvalue weighted by Crippen LogP contribution is 2.23. The molecule has 0 atom stereocenters. The molecule has 2 rings (SSSR count). The molecule has 0 aliphatic carbocycles. The van der Waals surface area contributed by atoms with Crippen molar-refractivity contribution in [1.29, 1.82) is 0 Å². The van der Waals surface area contributed by atoms with Gasteiger partial charge in [-0.1, -0.05) is 11.6 Å². The maximum absolute atomic E-state index is 5.84. The van der Waals surface area contributed by atoms with E-state index in [2.05, 4.69) is 15.0 Å². The van der Waals surface area contributed by atoms with E-state index < -0.39 is 0 Å². The van der Waals surface area contributed by atoms with E-state index in [-0.39, 0.29) is 0 Å². The van der Waals surface area contributed by atoms with Gasteiger partial charge in [-0.15, -0.1) is 0 Å². The summed E-state index contributed by atoms with van der Waals surface area (Å²) in [6, 6.07) is 1.74. The van der Waals surface area contributed by atoms with Crippen molar-refractivity contribution in [2.75, 3.05) is 5.73 Å². The standard InChI is InChI=1S/C9H7ClN4/c10-8-1-6(4-14-9(8)11)7-2-12-5-13-3-7/h1-5H,(H2,11,14). The van der Waals surface area contributed by atoms with Crippen molar-refractivity contribution < 1.29 is 0 Å². The van der Waals surface area contributed by atoms with Gasteiger partial charge in [0.15, 0.2) is 0 Å². The number of anilines is 1. The van der Waals surface area contributed by atoms with Crippen molar-refractivity contribution in [2.45, 2.75) is 0 Å². The van der Waals surface area contributed by atoms with Crippen LogP contribution in [0.1, 0.15) is 0 Å². The molecule has 0 fully saturated rings. The Morgan fingerprint density at radius 1 is 1.07 bits per heavy atom. The van der Waals surface area contributed by atoms with E-state index in [1.807, 2.05) is 0 Å². The molecular weight excluding hydrogens is 200 g/mol. The highest BCUT2D eigenvalue weighted by molar-refractivity contribution is 6.33. The Bertz CT molecular complexity index is 444. The van der Waals surface area contributed by atoms with Crippen LogP contribution in [-0.2, 0) is 0 Å². The molecule has 0 spiro atoms. The van der Waals surface area contributed by atoms with Gasteiger partial charge in [-0.3, -0.25) is 0 Å². The molecule has 2 N–H and O–H groups in total. The summed E-state index contributed by atoms with van der Waals surface area (Å²) in [5.41, 5.74) is 7.21. The third-order valence-corrected chi connectivity index (χ3v) is 2.07. The van der Waals surface area contributed by atoms with E-state index in [9.17, 15) is 0 Å². The van der Waals surface area contributed by atoms with Crippen molar-refractivity contribution in [3.63, 3.8) is 0 Å². The van der Waals surface area contributed by atoms with Crippen molar-refractivity contribution >= 4 is 17.4 Å². The number of halogens is 1. The molecule has 2 aromatic heterocycles. The third kappa shape index (κ3) is 1.65. The molecule has 2 heterocycles. The van der Waals surface area contributed by atoms with Crippen LogP contribution in [0.15, 0.2) is 31.0 Å². The highest BCUT2D eigenvalue weighted by Gasteiger charge is 2.02. The molecule has 2 aromatic rings. The maximum atomic E-state index is 5.84. The first-order chi connectivity index (χ1) is 6.77. The number of nitrogens with zero attached hydrogens (tertiary/aromatic N) is 3. The second-order valence-electron chi connectivity index (χ2n) is 2.72.